The monoisotopic (exact) mass is 492 g/mol. The van der Waals surface area contributed by atoms with Gasteiger partial charge in [-0.1, -0.05) is 37.8 Å². The molecule has 7 rings (SSSR count). The van der Waals surface area contributed by atoms with Crippen molar-refractivity contribution in [1.82, 2.24) is 25.0 Å². The maximum atomic E-state index is 9.21. The van der Waals surface area contributed by atoms with Gasteiger partial charge in [0, 0.05) is 55.1 Å². The molecule has 190 valence electrons. The first-order valence-electron chi connectivity index (χ1n) is 14.2. The molecule has 2 aliphatic carbocycles. The first-order chi connectivity index (χ1) is 18.2. The number of rotatable bonds is 4. The van der Waals surface area contributed by atoms with Crippen LogP contribution in [-0.2, 0) is 6.54 Å². The maximum Gasteiger partial charge on any atom is 0.116 e. The van der Waals surface area contributed by atoms with E-state index < -0.39 is 0 Å². The molecule has 2 aromatic carbocycles. The summed E-state index contributed by atoms with van der Waals surface area (Å²) in [4.78, 5) is 9.05. The van der Waals surface area contributed by atoms with E-state index in [-0.39, 0.29) is 0 Å². The van der Waals surface area contributed by atoms with Gasteiger partial charge in [0.05, 0.1) is 22.8 Å². The largest absolute Gasteiger partial charge is 0.353 e. The summed E-state index contributed by atoms with van der Waals surface area (Å²) >= 11 is 0. The summed E-state index contributed by atoms with van der Waals surface area (Å²) in [7, 11) is 0. The molecule has 2 saturated carbocycles. The van der Waals surface area contributed by atoms with Crippen LogP contribution < -0.4 is 0 Å². The van der Waals surface area contributed by atoms with Gasteiger partial charge in [0.2, 0.25) is 0 Å². The van der Waals surface area contributed by atoms with E-state index in [2.05, 4.69) is 55.3 Å². The lowest BCUT2D eigenvalue weighted by Crippen LogP contribution is -2.51. The molecular weight excluding hydrogens is 456 g/mol. The van der Waals surface area contributed by atoms with Crippen molar-refractivity contribution in [3.63, 3.8) is 0 Å². The van der Waals surface area contributed by atoms with Crippen LogP contribution in [0.3, 0.4) is 0 Å². The second-order valence-corrected chi connectivity index (χ2v) is 11.6. The molecule has 37 heavy (non-hydrogen) atoms. The lowest BCUT2D eigenvalue weighted by atomic mass is 9.69. The highest BCUT2D eigenvalue weighted by Crippen LogP contribution is 2.42. The summed E-state index contributed by atoms with van der Waals surface area (Å²) < 4.78 is 0. The number of fused-ring (bicyclic) bond motifs is 3. The van der Waals surface area contributed by atoms with Crippen molar-refractivity contribution < 1.29 is 0 Å². The third kappa shape index (κ3) is 4.35. The van der Waals surface area contributed by atoms with Gasteiger partial charge in [0.1, 0.15) is 5.69 Å². The Hall–Kier alpha value is -3.14. The Labute approximate surface area is 218 Å². The van der Waals surface area contributed by atoms with Crippen molar-refractivity contribution >= 4 is 21.8 Å². The minimum absolute atomic E-state index is 0.642. The zero-order chi connectivity index (χ0) is 24.8. The molecule has 3 fully saturated rings. The van der Waals surface area contributed by atoms with Crippen LogP contribution in [0, 0.1) is 23.2 Å². The minimum Gasteiger partial charge on any atom is -0.353 e. The number of aromatic nitrogens is 3. The Kier molecular flexibility index (Phi) is 5.99. The Bertz CT molecular complexity index is 1450. The van der Waals surface area contributed by atoms with Crippen molar-refractivity contribution in [2.45, 2.75) is 57.5 Å². The zero-order valence-electron chi connectivity index (χ0n) is 21.5. The number of aromatic amines is 2. The van der Waals surface area contributed by atoms with Gasteiger partial charge in [-0.15, -0.1) is 0 Å². The molecule has 0 spiro atoms. The van der Waals surface area contributed by atoms with E-state index in [0.717, 1.165) is 65.3 Å². The normalized spacial score (nSPS) is 25.3. The molecule has 3 aliphatic rings. The number of benzene rings is 2. The molecule has 0 bridgehead atoms. The van der Waals surface area contributed by atoms with Gasteiger partial charge in [0.15, 0.2) is 0 Å². The summed E-state index contributed by atoms with van der Waals surface area (Å²) in [6.07, 6.45) is 10.3. The highest BCUT2D eigenvalue weighted by atomic mass is 15.3. The van der Waals surface area contributed by atoms with E-state index in [9.17, 15) is 5.26 Å². The average molecular weight is 493 g/mol. The molecule has 2 N–H and O–H groups in total. The summed E-state index contributed by atoms with van der Waals surface area (Å²) in [5.41, 5.74) is 5.98. The number of nitrogens with zero attached hydrogens (tertiary/aromatic N) is 4. The van der Waals surface area contributed by atoms with Crippen LogP contribution >= 0.6 is 0 Å². The van der Waals surface area contributed by atoms with Gasteiger partial charge in [-0.25, -0.2) is 0 Å². The van der Waals surface area contributed by atoms with Crippen LogP contribution in [0.25, 0.3) is 33.2 Å². The topological polar surface area (TPSA) is 74.7 Å². The maximum absolute atomic E-state index is 9.21. The summed E-state index contributed by atoms with van der Waals surface area (Å²) in [6, 6.07) is 17.6. The lowest BCUT2D eigenvalue weighted by molar-refractivity contribution is 0.0374. The third-order valence-corrected chi connectivity index (χ3v) is 9.53. The van der Waals surface area contributed by atoms with Crippen LogP contribution in [0.5, 0.6) is 0 Å². The molecule has 2 aromatic heterocycles. The predicted molar refractivity (Wildman–Crippen MR) is 148 cm³/mol. The van der Waals surface area contributed by atoms with Gasteiger partial charge in [-0.3, -0.25) is 14.9 Å². The van der Waals surface area contributed by atoms with Crippen LogP contribution in [0.4, 0.5) is 0 Å². The second-order valence-electron chi connectivity index (χ2n) is 11.6. The fourth-order valence-electron chi connectivity index (χ4n) is 7.49. The van der Waals surface area contributed by atoms with Crippen molar-refractivity contribution in [2.24, 2.45) is 11.8 Å². The Morgan fingerprint density at radius 1 is 0.892 bits per heavy atom. The molecule has 6 nitrogen and oxygen atoms in total. The first kappa shape index (κ1) is 23.0. The predicted octanol–water partition coefficient (Wildman–Crippen LogP) is 6.06. The minimum atomic E-state index is 0.642. The van der Waals surface area contributed by atoms with E-state index in [1.54, 1.807) is 0 Å². The Balaban J connectivity index is 1.04. The molecule has 3 atom stereocenters. The molecule has 0 radical (unpaired) electrons. The molecule has 1 aliphatic heterocycles. The van der Waals surface area contributed by atoms with Crippen LogP contribution in [0.2, 0.25) is 0 Å². The molecule has 3 heterocycles. The van der Waals surface area contributed by atoms with Crippen molar-refractivity contribution in [3.8, 4) is 17.5 Å². The highest BCUT2D eigenvalue weighted by Gasteiger charge is 2.35. The zero-order valence-corrected chi connectivity index (χ0v) is 21.5. The van der Waals surface area contributed by atoms with E-state index in [1.807, 2.05) is 18.2 Å². The first-order valence-corrected chi connectivity index (χ1v) is 14.2. The van der Waals surface area contributed by atoms with Crippen LogP contribution in [-0.4, -0.2) is 57.2 Å². The van der Waals surface area contributed by atoms with Crippen molar-refractivity contribution in [1.29, 1.82) is 5.26 Å². The molecule has 0 amide bonds. The van der Waals surface area contributed by atoms with Gasteiger partial charge in [0.25, 0.3) is 0 Å². The summed E-state index contributed by atoms with van der Waals surface area (Å²) in [5, 5.41) is 19.2. The fourth-order valence-corrected chi connectivity index (χ4v) is 7.49. The number of hydrogen-bond donors (Lipinski definition) is 2. The SMILES string of the molecule is N#Cc1ccc2c(-c3cc4c(CN5CCN(C6CCC7CCCCC7C6)CC5)cccc4[nH]3)n[nH]c2c1. The van der Waals surface area contributed by atoms with Crippen LogP contribution in [0.1, 0.15) is 56.1 Å². The fraction of sp³-hybridized carbons (Fsp3) is 0.484. The molecular formula is C31H36N6. The Morgan fingerprint density at radius 3 is 2.62 bits per heavy atom. The third-order valence-electron chi connectivity index (χ3n) is 9.53. The number of piperazine rings is 1. The van der Waals surface area contributed by atoms with Gasteiger partial charge in [-0.05, 0) is 67.0 Å². The summed E-state index contributed by atoms with van der Waals surface area (Å²) in [5.74, 6) is 2.04. The molecule has 4 aromatic rings. The van der Waals surface area contributed by atoms with Crippen LogP contribution in [0.15, 0.2) is 42.5 Å². The molecule has 6 heteroatoms. The van der Waals surface area contributed by atoms with Crippen molar-refractivity contribution in [3.05, 3.63) is 53.6 Å². The number of hydrogen-bond acceptors (Lipinski definition) is 4. The summed E-state index contributed by atoms with van der Waals surface area (Å²) in [6.45, 7) is 5.72. The number of nitrogens with one attached hydrogen (secondary N) is 2. The Morgan fingerprint density at radius 2 is 1.76 bits per heavy atom. The van der Waals surface area contributed by atoms with Gasteiger partial charge in [-0.2, -0.15) is 10.4 Å². The second kappa shape index (κ2) is 9.63. The van der Waals surface area contributed by atoms with Crippen molar-refractivity contribution in [2.75, 3.05) is 26.2 Å². The highest BCUT2D eigenvalue weighted by molar-refractivity contribution is 5.96. The number of nitriles is 1. The smallest absolute Gasteiger partial charge is 0.116 e. The molecule has 3 unspecified atom stereocenters. The quantitative estimate of drug-likeness (QED) is 0.363. The van der Waals surface area contributed by atoms with E-state index in [4.69, 9.17) is 0 Å². The van der Waals surface area contributed by atoms with E-state index in [0.29, 0.717) is 5.56 Å². The van der Waals surface area contributed by atoms with Gasteiger partial charge >= 0.3 is 0 Å². The van der Waals surface area contributed by atoms with E-state index in [1.165, 1.54) is 69.0 Å². The standard InChI is InChI=1S/C31H36N6/c32-19-21-8-11-26-29(16-21)34-35-31(26)30-18-27-24(6-3-7-28(27)33-30)20-36-12-14-37(15-13-36)25-10-9-22-4-1-2-5-23(22)17-25/h3,6-8,11,16,18,22-23,25,33H,1-2,4-5,9-10,12-15,17,20H2,(H,34,35). The number of H-pyrrole nitrogens is 2. The van der Waals surface area contributed by atoms with E-state index >= 15 is 0 Å². The average Bonchev–Trinajstić information content (AvgIpc) is 3.57. The molecule has 1 saturated heterocycles. The van der Waals surface area contributed by atoms with Gasteiger partial charge < -0.3 is 4.98 Å². The lowest BCUT2D eigenvalue weighted by Gasteiger charge is -2.46.